The normalized spacial score (nSPS) is 10.3. The van der Waals surface area contributed by atoms with Crippen LogP contribution in [0.15, 0.2) is 97.7 Å². The van der Waals surface area contributed by atoms with Crippen LogP contribution in [0.5, 0.6) is 0 Å². The summed E-state index contributed by atoms with van der Waals surface area (Å²) >= 11 is 5.81. The van der Waals surface area contributed by atoms with E-state index in [0.717, 1.165) is 50.4 Å². The number of halogens is 2. The van der Waals surface area contributed by atoms with Crippen molar-refractivity contribution in [3.63, 3.8) is 0 Å². The number of para-hydroxylation sites is 2. The second-order valence-corrected chi connectivity index (χ2v) is 7.97. The number of anilines is 2. The van der Waals surface area contributed by atoms with Crippen molar-refractivity contribution in [2.75, 3.05) is 5.32 Å². The van der Waals surface area contributed by atoms with E-state index in [0.29, 0.717) is 5.15 Å². The zero-order valence-corrected chi connectivity index (χ0v) is 20.8. The molecule has 3 heterocycles. The van der Waals surface area contributed by atoms with Crippen molar-refractivity contribution in [1.82, 2.24) is 29.9 Å². The van der Waals surface area contributed by atoms with Crippen molar-refractivity contribution >= 4 is 57.3 Å². The highest BCUT2D eigenvalue weighted by molar-refractivity contribution is 6.33. The monoisotopic (exact) mass is 513 g/mol. The molecule has 0 aliphatic rings. The Morgan fingerprint density at radius 1 is 0.694 bits per heavy atom. The first-order chi connectivity index (χ1) is 17.2. The second-order valence-electron chi connectivity index (χ2n) is 7.62. The summed E-state index contributed by atoms with van der Waals surface area (Å²) in [5.74, 6) is 1.55. The van der Waals surface area contributed by atoms with Crippen molar-refractivity contribution in [3.05, 3.63) is 109 Å². The largest absolute Gasteiger partial charge is 0.340 e. The van der Waals surface area contributed by atoms with Crippen LogP contribution in [0.2, 0.25) is 5.15 Å². The van der Waals surface area contributed by atoms with Crippen LogP contribution >= 0.6 is 24.0 Å². The molecule has 0 atom stereocenters. The van der Waals surface area contributed by atoms with E-state index in [1.54, 1.807) is 12.5 Å². The maximum Gasteiger partial charge on any atom is 0.141 e. The fourth-order valence-corrected chi connectivity index (χ4v) is 3.79. The molecule has 0 saturated carbocycles. The Kier molecular flexibility index (Phi) is 7.95. The average molecular weight is 514 g/mol. The van der Waals surface area contributed by atoms with Gasteiger partial charge >= 0.3 is 0 Å². The van der Waals surface area contributed by atoms with Crippen LogP contribution in [0, 0.1) is 6.92 Å². The van der Waals surface area contributed by atoms with E-state index in [1.807, 2.05) is 79.7 Å². The number of nitrogens with zero attached hydrogens (tertiary/aromatic N) is 6. The molecule has 0 radical (unpaired) electrons. The van der Waals surface area contributed by atoms with Crippen LogP contribution in [0.3, 0.4) is 0 Å². The minimum absolute atomic E-state index is 0. The summed E-state index contributed by atoms with van der Waals surface area (Å²) in [6.45, 7) is 1.89. The number of aromatic nitrogens is 6. The SMILES string of the molecule is Cc1nccc(-c2cccc(Nc3ncnc4ccccc34)c2)n1.Cl.Clc1ncnc2ccccc12. The smallest absolute Gasteiger partial charge is 0.141 e. The summed E-state index contributed by atoms with van der Waals surface area (Å²) in [4.78, 5) is 25.2. The van der Waals surface area contributed by atoms with E-state index in [9.17, 15) is 0 Å². The molecule has 178 valence electrons. The molecule has 6 rings (SSSR count). The minimum atomic E-state index is 0. The quantitative estimate of drug-likeness (QED) is 0.259. The summed E-state index contributed by atoms with van der Waals surface area (Å²) in [6.07, 6.45) is 4.81. The van der Waals surface area contributed by atoms with E-state index in [4.69, 9.17) is 11.6 Å². The molecule has 0 aliphatic heterocycles. The molecular formula is C27H21Cl2N7. The standard InChI is InChI=1S/C19H15N5.C8H5ClN2.ClH/c1-13-20-10-9-17(23-13)14-5-4-6-15(11-14)24-19-16-7-2-3-8-18(16)21-12-22-19;9-8-6-3-1-2-4-7(6)10-5-11-8;/h2-12H,1H3,(H,21,22,24);1-5H;1H. The molecule has 0 spiro atoms. The molecule has 0 bridgehead atoms. The Labute approximate surface area is 219 Å². The Hall–Kier alpha value is -4.20. The summed E-state index contributed by atoms with van der Waals surface area (Å²) in [7, 11) is 0. The second kappa shape index (κ2) is 11.5. The molecule has 3 aromatic heterocycles. The lowest BCUT2D eigenvalue weighted by atomic mass is 10.1. The van der Waals surface area contributed by atoms with Crippen molar-refractivity contribution in [2.24, 2.45) is 0 Å². The van der Waals surface area contributed by atoms with Gasteiger partial charge in [-0.1, -0.05) is 48.0 Å². The zero-order chi connectivity index (χ0) is 24.0. The van der Waals surface area contributed by atoms with Crippen LogP contribution in [0.4, 0.5) is 11.5 Å². The zero-order valence-electron chi connectivity index (χ0n) is 19.2. The molecule has 1 N–H and O–H groups in total. The maximum absolute atomic E-state index is 5.81. The molecule has 36 heavy (non-hydrogen) atoms. The lowest BCUT2D eigenvalue weighted by molar-refractivity contribution is 1.06. The lowest BCUT2D eigenvalue weighted by Crippen LogP contribution is -1.96. The highest BCUT2D eigenvalue weighted by atomic mass is 35.5. The van der Waals surface area contributed by atoms with Gasteiger partial charge in [0, 0.05) is 28.2 Å². The first-order valence-electron chi connectivity index (χ1n) is 10.9. The van der Waals surface area contributed by atoms with Crippen LogP contribution in [-0.4, -0.2) is 29.9 Å². The Morgan fingerprint density at radius 2 is 1.39 bits per heavy atom. The lowest BCUT2D eigenvalue weighted by Gasteiger charge is -2.09. The van der Waals surface area contributed by atoms with E-state index in [-0.39, 0.29) is 12.4 Å². The van der Waals surface area contributed by atoms with Gasteiger partial charge < -0.3 is 5.32 Å². The summed E-state index contributed by atoms with van der Waals surface area (Å²) in [5.41, 5.74) is 4.68. The molecule has 0 amide bonds. The fraction of sp³-hybridized carbons (Fsp3) is 0.0370. The number of aryl methyl sites for hydroxylation is 1. The maximum atomic E-state index is 5.81. The highest BCUT2D eigenvalue weighted by Gasteiger charge is 2.05. The molecule has 0 unspecified atom stereocenters. The van der Waals surface area contributed by atoms with Gasteiger partial charge in [-0.25, -0.2) is 29.9 Å². The van der Waals surface area contributed by atoms with Gasteiger partial charge in [0.05, 0.1) is 16.7 Å². The van der Waals surface area contributed by atoms with Gasteiger partial charge in [0.1, 0.15) is 29.5 Å². The number of rotatable bonds is 3. The van der Waals surface area contributed by atoms with Gasteiger partial charge in [0.15, 0.2) is 0 Å². The van der Waals surface area contributed by atoms with Crippen molar-refractivity contribution < 1.29 is 0 Å². The van der Waals surface area contributed by atoms with E-state index in [2.05, 4.69) is 41.3 Å². The van der Waals surface area contributed by atoms with Crippen molar-refractivity contribution in [1.29, 1.82) is 0 Å². The topological polar surface area (TPSA) is 89.4 Å². The molecule has 0 saturated heterocycles. The summed E-state index contributed by atoms with van der Waals surface area (Å²) in [6, 6.07) is 25.6. The Morgan fingerprint density at radius 3 is 2.14 bits per heavy atom. The third kappa shape index (κ3) is 5.71. The predicted molar refractivity (Wildman–Crippen MR) is 147 cm³/mol. The predicted octanol–water partition coefficient (Wildman–Crippen LogP) is 6.84. The molecule has 0 fully saturated rings. The number of hydrogen-bond donors (Lipinski definition) is 1. The van der Waals surface area contributed by atoms with Gasteiger partial charge in [-0.3, -0.25) is 0 Å². The number of benzene rings is 3. The first-order valence-corrected chi connectivity index (χ1v) is 11.3. The Balaban J connectivity index is 0.000000213. The van der Waals surface area contributed by atoms with E-state index < -0.39 is 0 Å². The number of fused-ring (bicyclic) bond motifs is 2. The van der Waals surface area contributed by atoms with Crippen LogP contribution in [-0.2, 0) is 0 Å². The molecule has 6 aromatic rings. The Bertz CT molecular complexity index is 1610. The molecular weight excluding hydrogens is 493 g/mol. The van der Waals surface area contributed by atoms with Crippen molar-refractivity contribution in [2.45, 2.75) is 6.92 Å². The summed E-state index contributed by atoms with van der Waals surface area (Å²) in [5, 5.41) is 5.78. The third-order valence-corrected chi connectivity index (χ3v) is 5.54. The van der Waals surface area contributed by atoms with Crippen molar-refractivity contribution in [3.8, 4) is 11.3 Å². The average Bonchev–Trinajstić information content (AvgIpc) is 2.90. The fourth-order valence-electron chi connectivity index (χ4n) is 3.59. The molecule has 0 aliphatic carbocycles. The van der Waals surface area contributed by atoms with Gasteiger partial charge in [-0.2, -0.15) is 0 Å². The number of nitrogens with one attached hydrogen (secondary N) is 1. The van der Waals surface area contributed by atoms with Gasteiger partial charge in [0.25, 0.3) is 0 Å². The van der Waals surface area contributed by atoms with Crippen LogP contribution in [0.1, 0.15) is 5.82 Å². The number of hydrogen-bond acceptors (Lipinski definition) is 7. The van der Waals surface area contributed by atoms with Gasteiger partial charge in [-0.05, 0) is 49.4 Å². The van der Waals surface area contributed by atoms with E-state index >= 15 is 0 Å². The van der Waals surface area contributed by atoms with Gasteiger partial charge in [-0.15, -0.1) is 12.4 Å². The molecule has 3 aromatic carbocycles. The first kappa shape index (κ1) is 24.9. The third-order valence-electron chi connectivity index (χ3n) is 5.23. The molecule has 9 heteroatoms. The van der Waals surface area contributed by atoms with E-state index in [1.165, 1.54) is 6.33 Å². The minimum Gasteiger partial charge on any atom is -0.340 e. The summed E-state index contributed by atoms with van der Waals surface area (Å²) < 4.78 is 0. The van der Waals surface area contributed by atoms with Crippen LogP contribution in [0.25, 0.3) is 33.1 Å². The van der Waals surface area contributed by atoms with Gasteiger partial charge in [0.2, 0.25) is 0 Å². The highest BCUT2D eigenvalue weighted by Crippen LogP contribution is 2.26. The molecule has 7 nitrogen and oxygen atoms in total. The van der Waals surface area contributed by atoms with Crippen LogP contribution < -0.4 is 5.32 Å².